The Bertz CT molecular complexity index is 1020. The van der Waals surface area contributed by atoms with Crippen LogP contribution < -0.4 is 4.74 Å². The van der Waals surface area contributed by atoms with Crippen molar-refractivity contribution in [2.45, 2.75) is 12.5 Å². The number of nitrogens with zero attached hydrogens (tertiary/aromatic N) is 2. The molecule has 8 heteroatoms. The second kappa shape index (κ2) is 10.5. The van der Waals surface area contributed by atoms with E-state index in [0.717, 1.165) is 31.6 Å². The summed E-state index contributed by atoms with van der Waals surface area (Å²) in [4.78, 5) is 30.0. The molecule has 0 saturated carbocycles. The molecule has 8 nitrogen and oxygen atoms in total. The van der Waals surface area contributed by atoms with Crippen molar-refractivity contribution < 1.29 is 28.6 Å². The third-order valence-corrected chi connectivity index (χ3v) is 5.92. The lowest BCUT2D eigenvalue weighted by molar-refractivity contribution is -0.129. The quantitative estimate of drug-likeness (QED) is 0.585. The number of aliphatic hydroxyl groups is 1. The van der Waals surface area contributed by atoms with E-state index in [-0.39, 0.29) is 5.57 Å². The van der Waals surface area contributed by atoms with Crippen LogP contribution in [0.3, 0.4) is 0 Å². The fraction of sp³-hybridized carbons (Fsp3) is 0.360. The molecule has 1 N–H and O–H groups in total. The number of ketones is 1. The zero-order chi connectivity index (χ0) is 23.2. The average molecular weight is 453 g/mol. The fourth-order valence-electron chi connectivity index (χ4n) is 4.19. The minimum Gasteiger partial charge on any atom is -0.503 e. The molecule has 1 atom stereocenters. The molecule has 1 saturated heterocycles. The Labute approximate surface area is 192 Å². The van der Waals surface area contributed by atoms with Crippen molar-refractivity contribution in [1.29, 1.82) is 0 Å². The second-order valence-electron chi connectivity index (χ2n) is 7.96. The number of aliphatic hydroxyl groups excluding tert-OH is 1. The van der Waals surface area contributed by atoms with Crippen LogP contribution in [0.25, 0.3) is 6.08 Å². The fourth-order valence-corrected chi connectivity index (χ4v) is 4.19. The van der Waals surface area contributed by atoms with Crippen molar-refractivity contribution in [3.05, 3.63) is 71.4 Å². The summed E-state index contributed by atoms with van der Waals surface area (Å²) < 4.78 is 15.9. The van der Waals surface area contributed by atoms with Gasteiger partial charge in [-0.1, -0.05) is 12.1 Å². The number of allylic oxidation sites excluding steroid dienone is 1. The van der Waals surface area contributed by atoms with Gasteiger partial charge in [0.25, 0.3) is 5.91 Å². The van der Waals surface area contributed by atoms with E-state index >= 15 is 0 Å². The molecule has 1 aromatic carbocycles. The van der Waals surface area contributed by atoms with Crippen molar-refractivity contribution >= 4 is 17.8 Å². The van der Waals surface area contributed by atoms with E-state index in [1.165, 1.54) is 18.4 Å². The average Bonchev–Trinajstić information content (AvgIpc) is 3.46. The van der Waals surface area contributed by atoms with E-state index in [1.54, 1.807) is 36.3 Å². The zero-order valence-corrected chi connectivity index (χ0v) is 18.6. The van der Waals surface area contributed by atoms with Gasteiger partial charge < -0.3 is 23.9 Å². The molecule has 4 rings (SSSR count). The Hall–Kier alpha value is -3.36. The predicted octanol–water partition coefficient (Wildman–Crippen LogP) is 2.99. The highest BCUT2D eigenvalue weighted by atomic mass is 16.5. The maximum atomic E-state index is 13.1. The van der Waals surface area contributed by atoms with E-state index < -0.39 is 23.5 Å². The van der Waals surface area contributed by atoms with Crippen LogP contribution in [0.2, 0.25) is 0 Å². The molecule has 3 heterocycles. The van der Waals surface area contributed by atoms with Crippen molar-refractivity contribution in [2.75, 3.05) is 46.5 Å². The molecule has 2 aromatic rings. The second-order valence-corrected chi connectivity index (χ2v) is 7.96. The Morgan fingerprint density at radius 1 is 1.18 bits per heavy atom. The van der Waals surface area contributed by atoms with Gasteiger partial charge in [-0.15, -0.1) is 0 Å². The Kier molecular flexibility index (Phi) is 7.26. The third kappa shape index (κ3) is 5.18. The smallest absolute Gasteiger partial charge is 0.290 e. The number of carbonyl (C=O) groups is 2. The van der Waals surface area contributed by atoms with E-state index in [2.05, 4.69) is 4.90 Å². The van der Waals surface area contributed by atoms with Crippen molar-refractivity contribution in [2.24, 2.45) is 0 Å². The maximum absolute atomic E-state index is 13.1. The highest BCUT2D eigenvalue weighted by Gasteiger charge is 2.42. The number of amides is 1. The molecular weight excluding hydrogens is 424 g/mol. The molecule has 174 valence electrons. The molecular formula is C25H28N2O6. The van der Waals surface area contributed by atoms with Crippen LogP contribution in [0.1, 0.15) is 23.8 Å². The van der Waals surface area contributed by atoms with E-state index in [9.17, 15) is 14.7 Å². The SMILES string of the molecule is COc1ccc([C@@H]2C(C(=O)/C=C/c3ccco3)=C(O)C(=O)N2CCCN2CCOCC2)cc1. The summed E-state index contributed by atoms with van der Waals surface area (Å²) in [6.45, 7) is 4.36. The molecule has 0 radical (unpaired) electrons. The molecule has 0 unspecified atom stereocenters. The molecule has 1 fully saturated rings. The first kappa shape index (κ1) is 22.8. The summed E-state index contributed by atoms with van der Waals surface area (Å²) in [6, 6.07) is 9.94. The molecule has 0 spiro atoms. The molecule has 2 aliphatic heterocycles. The number of carbonyl (C=O) groups excluding carboxylic acids is 2. The predicted molar refractivity (Wildman–Crippen MR) is 122 cm³/mol. The van der Waals surface area contributed by atoms with Crippen LogP contribution in [0.4, 0.5) is 0 Å². The number of morpholine rings is 1. The van der Waals surface area contributed by atoms with Gasteiger partial charge in [-0.3, -0.25) is 14.5 Å². The normalized spacial score (nSPS) is 19.6. The van der Waals surface area contributed by atoms with Gasteiger partial charge >= 0.3 is 0 Å². The van der Waals surface area contributed by atoms with Gasteiger partial charge in [-0.2, -0.15) is 0 Å². The van der Waals surface area contributed by atoms with Gasteiger partial charge in [0.15, 0.2) is 11.5 Å². The van der Waals surface area contributed by atoms with Crippen LogP contribution in [-0.2, 0) is 14.3 Å². The molecule has 0 aliphatic carbocycles. The maximum Gasteiger partial charge on any atom is 0.290 e. The highest BCUT2D eigenvalue weighted by Crippen LogP contribution is 2.38. The number of hydrogen-bond donors (Lipinski definition) is 1. The third-order valence-electron chi connectivity index (χ3n) is 5.92. The first-order chi connectivity index (χ1) is 16.1. The Morgan fingerprint density at radius 3 is 2.61 bits per heavy atom. The van der Waals surface area contributed by atoms with Gasteiger partial charge in [-0.25, -0.2) is 0 Å². The monoisotopic (exact) mass is 452 g/mol. The van der Waals surface area contributed by atoms with Gasteiger partial charge in [0.2, 0.25) is 0 Å². The summed E-state index contributed by atoms with van der Waals surface area (Å²) in [5, 5.41) is 10.7. The first-order valence-corrected chi connectivity index (χ1v) is 11.0. The Balaban J connectivity index is 1.57. The minimum absolute atomic E-state index is 0.0688. The first-order valence-electron chi connectivity index (χ1n) is 11.0. The molecule has 0 bridgehead atoms. The molecule has 2 aliphatic rings. The summed E-state index contributed by atoms with van der Waals surface area (Å²) in [6.07, 6.45) is 5.08. The number of methoxy groups -OCH3 is 1. The zero-order valence-electron chi connectivity index (χ0n) is 18.6. The van der Waals surface area contributed by atoms with Gasteiger partial charge in [-0.05, 0) is 48.4 Å². The van der Waals surface area contributed by atoms with Crippen LogP contribution in [0.5, 0.6) is 5.75 Å². The Morgan fingerprint density at radius 2 is 1.94 bits per heavy atom. The van der Waals surface area contributed by atoms with Crippen molar-refractivity contribution in [1.82, 2.24) is 9.80 Å². The van der Waals surface area contributed by atoms with E-state index in [4.69, 9.17) is 13.9 Å². The highest BCUT2D eigenvalue weighted by molar-refractivity contribution is 6.14. The molecule has 1 amide bonds. The largest absolute Gasteiger partial charge is 0.503 e. The van der Waals surface area contributed by atoms with Crippen molar-refractivity contribution in [3.63, 3.8) is 0 Å². The number of rotatable bonds is 9. The van der Waals surface area contributed by atoms with Crippen LogP contribution in [0, 0.1) is 0 Å². The number of hydrogen-bond acceptors (Lipinski definition) is 7. The minimum atomic E-state index is -0.679. The lowest BCUT2D eigenvalue weighted by Gasteiger charge is -2.30. The van der Waals surface area contributed by atoms with Crippen LogP contribution in [-0.4, -0.2) is 73.1 Å². The van der Waals surface area contributed by atoms with E-state index in [0.29, 0.717) is 31.3 Å². The van der Waals surface area contributed by atoms with Crippen molar-refractivity contribution in [3.8, 4) is 5.75 Å². The topological polar surface area (TPSA) is 92.5 Å². The van der Waals surface area contributed by atoms with E-state index in [1.807, 2.05) is 12.1 Å². The summed E-state index contributed by atoms with van der Waals surface area (Å²) >= 11 is 0. The standard InChI is InChI=1S/C25H28N2O6/c1-31-19-7-5-18(6-8-19)23-22(21(28)10-9-20-4-2-15-33-20)24(29)25(30)27(23)12-3-11-26-13-16-32-17-14-26/h2,4-10,15,23,29H,3,11-14,16-17H2,1H3/b10-9+/t23-/m1/s1. The summed E-state index contributed by atoms with van der Waals surface area (Å²) in [7, 11) is 1.58. The molecule has 33 heavy (non-hydrogen) atoms. The number of furan rings is 1. The van der Waals surface area contributed by atoms with Crippen LogP contribution >= 0.6 is 0 Å². The number of ether oxygens (including phenoxy) is 2. The molecule has 1 aromatic heterocycles. The lowest BCUT2D eigenvalue weighted by atomic mass is 9.95. The van der Waals surface area contributed by atoms with Gasteiger partial charge in [0.1, 0.15) is 11.5 Å². The summed E-state index contributed by atoms with van der Waals surface area (Å²) in [5.74, 6) is -0.297. The van der Waals surface area contributed by atoms with Crippen LogP contribution in [0.15, 0.2) is 64.5 Å². The van der Waals surface area contributed by atoms with Gasteiger partial charge in [0.05, 0.1) is 38.2 Å². The van der Waals surface area contributed by atoms with Gasteiger partial charge in [0, 0.05) is 26.2 Å². The lowest BCUT2D eigenvalue weighted by Crippen LogP contribution is -2.39. The number of benzene rings is 1. The summed E-state index contributed by atoms with van der Waals surface area (Å²) in [5.41, 5.74) is 0.800.